The molecular weight excluding hydrogens is 361 g/mol. The van der Waals surface area contributed by atoms with Gasteiger partial charge in [0, 0.05) is 22.2 Å². The molecule has 0 aliphatic rings. The predicted octanol–water partition coefficient (Wildman–Crippen LogP) is 5.96. The molecule has 122 valence electrons. The van der Waals surface area contributed by atoms with E-state index in [-0.39, 0.29) is 5.91 Å². The van der Waals surface area contributed by atoms with Crippen LogP contribution >= 0.6 is 34.5 Å². The van der Waals surface area contributed by atoms with Gasteiger partial charge in [0.05, 0.1) is 4.88 Å². The minimum absolute atomic E-state index is 0.105. The van der Waals surface area contributed by atoms with Gasteiger partial charge in [-0.05, 0) is 41.6 Å². The van der Waals surface area contributed by atoms with Gasteiger partial charge in [0.15, 0.2) is 0 Å². The van der Waals surface area contributed by atoms with Crippen molar-refractivity contribution in [1.29, 1.82) is 0 Å². The average Bonchev–Trinajstić information content (AvgIpc) is 3.04. The lowest BCUT2D eigenvalue weighted by molar-refractivity contribution is 0.0955. The topological polar surface area (TPSA) is 29.1 Å². The second-order valence-electron chi connectivity index (χ2n) is 5.45. The Morgan fingerprint density at radius 2 is 1.83 bits per heavy atom. The lowest BCUT2D eigenvalue weighted by atomic mass is 10.0. The van der Waals surface area contributed by atoms with Crippen molar-refractivity contribution in [3.8, 4) is 11.1 Å². The molecule has 5 heteroatoms. The van der Waals surface area contributed by atoms with Crippen LogP contribution in [0.5, 0.6) is 0 Å². The molecule has 0 aliphatic heterocycles. The first kappa shape index (κ1) is 17.0. The molecule has 0 saturated heterocycles. The van der Waals surface area contributed by atoms with Crippen molar-refractivity contribution < 1.29 is 4.79 Å². The van der Waals surface area contributed by atoms with Crippen LogP contribution in [0.4, 0.5) is 0 Å². The Morgan fingerprint density at radius 1 is 1.08 bits per heavy atom. The van der Waals surface area contributed by atoms with Crippen LogP contribution in [-0.4, -0.2) is 5.91 Å². The fourth-order valence-corrected chi connectivity index (χ4v) is 3.67. The zero-order valence-electron chi connectivity index (χ0n) is 13.0. The number of halogens is 2. The maximum Gasteiger partial charge on any atom is 0.262 e. The third-order valence-corrected chi connectivity index (χ3v) is 5.19. The molecule has 1 N–H and O–H groups in total. The maximum absolute atomic E-state index is 12.5. The molecule has 0 aliphatic carbocycles. The first-order valence-corrected chi connectivity index (χ1v) is 9.05. The summed E-state index contributed by atoms with van der Waals surface area (Å²) >= 11 is 13.5. The van der Waals surface area contributed by atoms with E-state index in [9.17, 15) is 4.79 Å². The Balaban J connectivity index is 1.76. The van der Waals surface area contributed by atoms with Crippen LogP contribution in [0.15, 0.2) is 53.9 Å². The quantitative estimate of drug-likeness (QED) is 0.598. The summed E-state index contributed by atoms with van der Waals surface area (Å²) in [6, 6.07) is 15.4. The molecule has 2 nitrogen and oxygen atoms in total. The number of carbonyl (C=O) groups is 1. The van der Waals surface area contributed by atoms with E-state index in [0.717, 1.165) is 16.7 Å². The SMILES string of the molecule is Cc1ccc(-c2ccsc2C(=O)NCc2ccc(Cl)cc2Cl)cc1. The molecule has 1 aromatic heterocycles. The maximum atomic E-state index is 12.5. The van der Waals surface area contributed by atoms with Crippen molar-refractivity contribution in [3.05, 3.63) is 80.0 Å². The number of thiophene rings is 1. The molecule has 1 heterocycles. The highest BCUT2D eigenvalue weighted by atomic mass is 35.5. The number of carbonyl (C=O) groups excluding carboxylic acids is 1. The highest BCUT2D eigenvalue weighted by molar-refractivity contribution is 7.12. The molecule has 0 saturated carbocycles. The fraction of sp³-hybridized carbons (Fsp3) is 0.105. The van der Waals surface area contributed by atoms with Gasteiger partial charge in [0.25, 0.3) is 5.91 Å². The molecule has 0 atom stereocenters. The van der Waals surface area contributed by atoms with Crippen LogP contribution in [0, 0.1) is 6.92 Å². The zero-order valence-corrected chi connectivity index (χ0v) is 15.3. The van der Waals surface area contributed by atoms with E-state index < -0.39 is 0 Å². The minimum Gasteiger partial charge on any atom is -0.347 e. The van der Waals surface area contributed by atoms with Crippen LogP contribution in [0.25, 0.3) is 11.1 Å². The fourth-order valence-electron chi connectivity index (χ4n) is 2.37. The second kappa shape index (κ2) is 7.39. The number of nitrogens with one attached hydrogen (secondary N) is 1. The van der Waals surface area contributed by atoms with Gasteiger partial charge >= 0.3 is 0 Å². The number of amides is 1. The Morgan fingerprint density at radius 3 is 2.54 bits per heavy atom. The van der Waals surface area contributed by atoms with Crippen molar-refractivity contribution in [2.24, 2.45) is 0 Å². The Bertz CT molecular complexity index is 871. The zero-order chi connectivity index (χ0) is 17.1. The van der Waals surface area contributed by atoms with E-state index in [0.29, 0.717) is 21.5 Å². The predicted molar refractivity (Wildman–Crippen MR) is 102 cm³/mol. The standard InChI is InChI=1S/C19H15Cl2NOS/c1-12-2-4-13(5-3-12)16-8-9-24-18(16)19(23)22-11-14-6-7-15(20)10-17(14)21/h2-10H,11H2,1H3,(H,22,23). The van der Waals surface area contributed by atoms with Gasteiger partial charge in [0.1, 0.15) is 0 Å². The molecule has 3 rings (SSSR count). The monoisotopic (exact) mass is 375 g/mol. The summed E-state index contributed by atoms with van der Waals surface area (Å²) in [5, 5.41) is 5.98. The van der Waals surface area contributed by atoms with Crippen molar-refractivity contribution in [2.45, 2.75) is 13.5 Å². The Hall–Kier alpha value is -1.81. The summed E-state index contributed by atoms with van der Waals surface area (Å²) in [6.07, 6.45) is 0. The van der Waals surface area contributed by atoms with Crippen molar-refractivity contribution in [1.82, 2.24) is 5.32 Å². The molecule has 0 spiro atoms. The van der Waals surface area contributed by atoms with Gasteiger partial charge in [-0.1, -0.05) is 59.1 Å². The van der Waals surface area contributed by atoms with Gasteiger partial charge < -0.3 is 5.32 Å². The van der Waals surface area contributed by atoms with Gasteiger partial charge in [-0.2, -0.15) is 0 Å². The normalized spacial score (nSPS) is 10.6. The van der Waals surface area contributed by atoms with Crippen molar-refractivity contribution in [3.63, 3.8) is 0 Å². The molecule has 0 fully saturated rings. The van der Waals surface area contributed by atoms with Gasteiger partial charge in [0.2, 0.25) is 0 Å². The summed E-state index contributed by atoms with van der Waals surface area (Å²) in [5.41, 5.74) is 4.01. The molecule has 0 radical (unpaired) electrons. The summed E-state index contributed by atoms with van der Waals surface area (Å²) in [6.45, 7) is 2.40. The smallest absolute Gasteiger partial charge is 0.262 e. The number of hydrogen-bond donors (Lipinski definition) is 1. The largest absolute Gasteiger partial charge is 0.347 e. The second-order valence-corrected chi connectivity index (χ2v) is 7.21. The van der Waals surface area contributed by atoms with Crippen molar-refractivity contribution >= 4 is 40.4 Å². The van der Waals surface area contributed by atoms with Gasteiger partial charge in [-0.25, -0.2) is 0 Å². The minimum atomic E-state index is -0.105. The first-order valence-electron chi connectivity index (χ1n) is 7.41. The van der Waals surface area contributed by atoms with Crippen molar-refractivity contribution in [2.75, 3.05) is 0 Å². The summed E-state index contributed by atoms with van der Waals surface area (Å²) in [7, 11) is 0. The van der Waals surface area contributed by atoms with E-state index >= 15 is 0 Å². The number of hydrogen-bond acceptors (Lipinski definition) is 2. The lowest BCUT2D eigenvalue weighted by Gasteiger charge is -2.08. The highest BCUT2D eigenvalue weighted by Crippen LogP contribution is 2.29. The average molecular weight is 376 g/mol. The van der Waals surface area contributed by atoms with Crippen LogP contribution in [0.1, 0.15) is 20.8 Å². The number of rotatable bonds is 4. The third-order valence-electron chi connectivity index (χ3n) is 3.69. The molecule has 0 unspecified atom stereocenters. The molecule has 2 aromatic carbocycles. The molecule has 3 aromatic rings. The van der Waals surface area contributed by atoms with E-state index in [2.05, 4.69) is 5.32 Å². The van der Waals surface area contributed by atoms with E-state index in [1.165, 1.54) is 16.9 Å². The van der Waals surface area contributed by atoms with E-state index in [4.69, 9.17) is 23.2 Å². The van der Waals surface area contributed by atoms with Crippen LogP contribution in [0.3, 0.4) is 0 Å². The van der Waals surface area contributed by atoms with E-state index in [1.807, 2.05) is 48.7 Å². The van der Waals surface area contributed by atoms with Crippen LogP contribution in [0.2, 0.25) is 10.0 Å². The lowest BCUT2D eigenvalue weighted by Crippen LogP contribution is -2.22. The van der Waals surface area contributed by atoms with Gasteiger partial charge in [-0.15, -0.1) is 11.3 Å². The van der Waals surface area contributed by atoms with Crippen LogP contribution in [-0.2, 0) is 6.54 Å². The summed E-state index contributed by atoms with van der Waals surface area (Å²) in [5.74, 6) is -0.105. The van der Waals surface area contributed by atoms with Crippen LogP contribution < -0.4 is 5.32 Å². The summed E-state index contributed by atoms with van der Waals surface area (Å²) in [4.78, 5) is 13.2. The summed E-state index contributed by atoms with van der Waals surface area (Å²) < 4.78 is 0. The third kappa shape index (κ3) is 3.81. The first-order chi connectivity index (χ1) is 11.5. The number of benzene rings is 2. The Kier molecular flexibility index (Phi) is 5.24. The van der Waals surface area contributed by atoms with E-state index in [1.54, 1.807) is 12.1 Å². The molecule has 24 heavy (non-hydrogen) atoms. The molecular formula is C19H15Cl2NOS. The number of aryl methyl sites for hydroxylation is 1. The molecule has 1 amide bonds. The Labute approximate surface area is 155 Å². The van der Waals surface area contributed by atoms with Gasteiger partial charge in [-0.3, -0.25) is 4.79 Å². The molecule has 0 bridgehead atoms. The highest BCUT2D eigenvalue weighted by Gasteiger charge is 2.15.